The smallest absolute Gasteiger partial charge is 0.252 e. The summed E-state index contributed by atoms with van der Waals surface area (Å²) >= 11 is 7.35. The van der Waals surface area contributed by atoms with Crippen LogP contribution in [0.2, 0.25) is 5.02 Å². The molecule has 3 rings (SSSR count). The second-order valence-electron chi connectivity index (χ2n) is 6.31. The average Bonchev–Trinajstić information content (AvgIpc) is 3.10. The van der Waals surface area contributed by atoms with Gasteiger partial charge in [0.2, 0.25) is 11.0 Å². The first kappa shape index (κ1) is 18.8. The number of nitrogens with zero attached hydrogens (tertiary/aromatic N) is 2. The van der Waals surface area contributed by atoms with Crippen molar-refractivity contribution in [3.05, 3.63) is 39.9 Å². The fourth-order valence-electron chi connectivity index (χ4n) is 3.00. The van der Waals surface area contributed by atoms with Crippen molar-refractivity contribution >= 4 is 39.9 Å². The number of rotatable bonds is 6. The predicted octanol–water partition coefficient (Wildman–Crippen LogP) is 3.68. The third kappa shape index (κ3) is 5.02. The monoisotopic (exact) mass is 392 g/mol. The lowest BCUT2D eigenvalue weighted by Crippen LogP contribution is -2.25. The van der Waals surface area contributed by atoms with Crippen LogP contribution in [-0.2, 0) is 11.2 Å². The lowest BCUT2D eigenvalue weighted by atomic mass is 9.89. The van der Waals surface area contributed by atoms with Crippen LogP contribution in [0.1, 0.15) is 47.5 Å². The van der Waals surface area contributed by atoms with E-state index in [9.17, 15) is 9.59 Å². The van der Waals surface area contributed by atoms with Gasteiger partial charge in [-0.25, -0.2) is 0 Å². The third-order valence-electron chi connectivity index (χ3n) is 4.42. The molecule has 0 atom stereocenters. The van der Waals surface area contributed by atoms with E-state index in [0.717, 1.165) is 30.7 Å². The average molecular weight is 393 g/mol. The van der Waals surface area contributed by atoms with E-state index in [1.54, 1.807) is 24.3 Å². The molecule has 1 heterocycles. The molecular formula is C18H21ClN4O2S. The second kappa shape index (κ2) is 9.09. The van der Waals surface area contributed by atoms with Gasteiger partial charge in [0, 0.05) is 18.9 Å². The molecule has 0 bridgehead atoms. The predicted molar refractivity (Wildman–Crippen MR) is 103 cm³/mol. The molecule has 0 radical (unpaired) electrons. The lowest BCUT2D eigenvalue weighted by molar-refractivity contribution is -0.120. The summed E-state index contributed by atoms with van der Waals surface area (Å²) in [5.74, 6) is -0.0867. The zero-order valence-corrected chi connectivity index (χ0v) is 15.9. The van der Waals surface area contributed by atoms with Gasteiger partial charge in [-0.2, -0.15) is 0 Å². The molecular weight excluding hydrogens is 372 g/mol. The molecule has 1 aliphatic carbocycles. The molecule has 26 heavy (non-hydrogen) atoms. The highest BCUT2D eigenvalue weighted by Crippen LogP contribution is 2.25. The maximum Gasteiger partial charge on any atom is 0.252 e. The van der Waals surface area contributed by atoms with Gasteiger partial charge in [-0.1, -0.05) is 54.3 Å². The summed E-state index contributed by atoms with van der Waals surface area (Å²) in [5.41, 5.74) is 0.451. The highest BCUT2D eigenvalue weighted by Gasteiger charge is 2.22. The summed E-state index contributed by atoms with van der Waals surface area (Å²) in [5, 5.41) is 15.5. The molecule has 2 aromatic rings. The van der Waals surface area contributed by atoms with E-state index in [4.69, 9.17) is 11.6 Å². The Balaban J connectivity index is 1.45. The maximum atomic E-state index is 12.2. The highest BCUT2D eigenvalue weighted by atomic mass is 35.5. The number of aromatic nitrogens is 2. The van der Waals surface area contributed by atoms with Gasteiger partial charge in [0.05, 0.1) is 10.6 Å². The summed E-state index contributed by atoms with van der Waals surface area (Å²) in [7, 11) is 0. The van der Waals surface area contributed by atoms with Gasteiger partial charge in [0.15, 0.2) is 0 Å². The van der Waals surface area contributed by atoms with Gasteiger partial charge in [-0.3, -0.25) is 9.59 Å². The van der Waals surface area contributed by atoms with Gasteiger partial charge < -0.3 is 10.6 Å². The minimum atomic E-state index is -0.217. The highest BCUT2D eigenvalue weighted by molar-refractivity contribution is 7.15. The Hall–Kier alpha value is -1.99. The number of hydrogen-bond acceptors (Lipinski definition) is 5. The first-order valence-corrected chi connectivity index (χ1v) is 9.99. The molecule has 0 saturated heterocycles. The van der Waals surface area contributed by atoms with Crippen molar-refractivity contribution in [2.24, 2.45) is 5.92 Å². The number of carbonyl (C=O) groups is 2. The number of halogens is 1. The van der Waals surface area contributed by atoms with Crippen LogP contribution in [0, 0.1) is 5.92 Å². The molecule has 2 N–H and O–H groups in total. The van der Waals surface area contributed by atoms with E-state index >= 15 is 0 Å². The van der Waals surface area contributed by atoms with Crippen LogP contribution in [0.5, 0.6) is 0 Å². The Morgan fingerprint density at radius 1 is 1.15 bits per heavy atom. The lowest BCUT2D eigenvalue weighted by Gasteiger charge is -2.19. The van der Waals surface area contributed by atoms with Gasteiger partial charge in [0.25, 0.3) is 5.91 Å². The number of amides is 2. The molecule has 1 aliphatic rings. The zero-order valence-electron chi connectivity index (χ0n) is 14.3. The fourth-order valence-corrected chi connectivity index (χ4v) is 3.96. The van der Waals surface area contributed by atoms with Crippen LogP contribution < -0.4 is 10.6 Å². The van der Waals surface area contributed by atoms with Crippen LogP contribution in [0.4, 0.5) is 5.13 Å². The first-order valence-electron chi connectivity index (χ1n) is 8.79. The Bertz CT molecular complexity index is 774. The van der Waals surface area contributed by atoms with Crippen molar-refractivity contribution in [2.75, 3.05) is 11.9 Å². The topological polar surface area (TPSA) is 84.0 Å². The van der Waals surface area contributed by atoms with Crippen molar-refractivity contribution in [1.29, 1.82) is 0 Å². The van der Waals surface area contributed by atoms with E-state index in [-0.39, 0.29) is 17.7 Å². The van der Waals surface area contributed by atoms with Gasteiger partial charge in [0.1, 0.15) is 5.01 Å². The molecule has 0 aliphatic heterocycles. The number of hydrogen-bond donors (Lipinski definition) is 2. The number of anilines is 1. The van der Waals surface area contributed by atoms with Crippen molar-refractivity contribution < 1.29 is 9.59 Å². The molecule has 1 fully saturated rings. The normalized spacial score (nSPS) is 14.8. The molecule has 1 aromatic carbocycles. The van der Waals surface area contributed by atoms with Crippen molar-refractivity contribution in [2.45, 2.75) is 38.5 Å². The van der Waals surface area contributed by atoms with E-state index in [1.807, 2.05) is 0 Å². The summed E-state index contributed by atoms with van der Waals surface area (Å²) in [6, 6.07) is 6.92. The van der Waals surface area contributed by atoms with Crippen LogP contribution in [0.15, 0.2) is 24.3 Å². The molecule has 2 amide bonds. The number of benzene rings is 1. The minimum absolute atomic E-state index is 0.0411. The molecule has 6 nitrogen and oxygen atoms in total. The molecule has 0 spiro atoms. The summed E-state index contributed by atoms with van der Waals surface area (Å²) in [6.45, 7) is 0.426. The largest absolute Gasteiger partial charge is 0.352 e. The molecule has 1 saturated carbocycles. The molecule has 1 aromatic heterocycles. The molecule has 138 valence electrons. The van der Waals surface area contributed by atoms with E-state index < -0.39 is 0 Å². The molecule has 0 unspecified atom stereocenters. The quantitative estimate of drug-likeness (QED) is 0.785. The van der Waals surface area contributed by atoms with E-state index in [2.05, 4.69) is 20.8 Å². The van der Waals surface area contributed by atoms with Gasteiger partial charge >= 0.3 is 0 Å². The summed E-state index contributed by atoms with van der Waals surface area (Å²) in [4.78, 5) is 24.3. The van der Waals surface area contributed by atoms with Crippen LogP contribution in [-0.4, -0.2) is 28.6 Å². The van der Waals surface area contributed by atoms with Crippen molar-refractivity contribution in [3.8, 4) is 0 Å². The van der Waals surface area contributed by atoms with E-state index in [0.29, 0.717) is 28.7 Å². The zero-order chi connectivity index (χ0) is 18.4. The summed E-state index contributed by atoms with van der Waals surface area (Å²) < 4.78 is 0. The standard InChI is InChI=1S/C18H21ClN4O2S/c19-14-9-5-4-8-13(14)17(25)20-11-10-15-22-23-18(26-15)21-16(24)12-6-2-1-3-7-12/h4-5,8-9,12H,1-3,6-7,10-11H2,(H,20,25)(H,21,23,24). The van der Waals surface area contributed by atoms with Gasteiger partial charge in [-0.15, -0.1) is 10.2 Å². The van der Waals surface area contributed by atoms with Crippen LogP contribution in [0.25, 0.3) is 0 Å². The first-order chi connectivity index (χ1) is 12.6. The Morgan fingerprint density at radius 2 is 1.92 bits per heavy atom. The van der Waals surface area contributed by atoms with Gasteiger partial charge in [-0.05, 0) is 25.0 Å². The number of carbonyl (C=O) groups excluding carboxylic acids is 2. The third-order valence-corrected chi connectivity index (χ3v) is 5.64. The second-order valence-corrected chi connectivity index (χ2v) is 7.78. The minimum Gasteiger partial charge on any atom is -0.352 e. The number of nitrogens with one attached hydrogen (secondary N) is 2. The Labute approximate surface area is 161 Å². The summed E-state index contributed by atoms with van der Waals surface area (Å²) in [6.07, 6.45) is 5.89. The SMILES string of the molecule is O=C(NCCc1nnc(NC(=O)C2CCCCC2)s1)c1ccccc1Cl. The van der Waals surface area contributed by atoms with Crippen LogP contribution >= 0.6 is 22.9 Å². The van der Waals surface area contributed by atoms with Crippen molar-refractivity contribution in [1.82, 2.24) is 15.5 Å². The molecule has 8 heteroatoms. The Kier molecular flexibility index (Phi) is 6.57. The van der Waals surface area contributed by atoms with Crippen LogP contribution in [0.3, 0.4) is 0 Å². The van der Waals surface area contributed by atoms with Crippen molar-refractivity contribution in [3.63, 3.8) is 0 Å². The van der Waals surface area contributed by atoms with E-state index in [1.165, 1.54) is 17.8 Å². The maximum absolute atomic E-state index is 12.2. The Morgan fingerprint density at radius 3 is 2.69 bits per heavy atom. The fraction of sp³-hybridized carbons (Fsp3) is 0.444.